The predicted octanol–water partition coefficient (Wildman–Crippen LogP) is 5.58. The number of nitrogens with one attached hydrogen (secondary N) is 1. The van der Waals surface area contributed by atoms with E-state index in [-0.39, 0.29) is 5.91 Å². The Morgan fingerprint density at radius 2 is 1.66 bits per heavy atom. The van der Waals surface area contributed by atoms with Crippen LogP contribution in [0.3, 0.4) is 0 Å². The summed E-state index contributed by atoms with van der Waals surface area (Å²) in [5.41, 5.74) is 4.99. The van der Waals surface area contributed by atoms with Crippen LogP contribution in [0.25, 0.3) is 10.8 Å². The Labute approximate surface area is 187 Å². The van der Waals surface area contributed by atoms with Crippen molar-refractivity contribution in [2.75, 3.05) is 6.61 Å². The standard InChI is InChI=1S/C27H24N2O3/c1-2-31-26-17-20(18-28-29-27(30)22-10-4-3-5-11-22)15-16-25(26)32-19-23-13-8-12-21-9-6-7-14-24(21)23/h3-18H,2,19H2,1H3,(H,29,30)/b28-18-. The third-order valence-corrected chi connectivity index (χ3v) is 4.95. The van der Waals surface area contributed by atoms with Crippen molar-refractivity contribution in [3.05, 3.63) is 108 Å². The number of rotatable bonds is 8. The summed E-state index contributed by atoms with van der Waals surface area (Å²) < 4.78 is 11.9. The van der Waals surface area contributed by atoms with Crippen LogP contribution in [0.2, 0.25) is 0 Å². The lowest BCUT2D eigenvalue weighted by atomic mass is 10.1. The first-order valence-electron chi connectivity index (χ1n) is 10.5. The molecule has 5 nitrogen and oxygen atoms in total. The first-order chi connectivity index (χ1) is 15.7. The van der Waals surface area contributed by atoms with Crippen molar-refractivity contribution in [1.29, 1.82) is 0 Å². The molecule has 0 radical (unpaired) electrons. The molecule has 0 atom stereocenters. The number of fused-ring (bicyclic) bond motifs is 1. The Morgan fingerprint density at radius 3 is 2.50 bits per heavy atom. The molecule has 160 valence electrons. The first kappa shape index (κ1) is 21.1. The number of hydrogen-bond donors (Lipinski definition) is 1. The van der Waals surface area contributed by atoms with Crippen molar-refractivity contribution in [1.82, 2.24) is 5.43 Å². The van der Waals surface area contributed by atoms with Crippen LogP contribution < -0.4 is 14.9 Å². The van der Waals surface area contributed by atoms with Crippen molar-refractivity contribution < 1.29 is 14.3 Å². The van der Waals surface area contributed by atoms with Crippen LogP contribution in [0, 0.1) is 0 Å². The molecule has 0 saturated carbocycles. The van der Waals surface area contributed by atoms with Crippen molar-refractivity contribution in [2.24, 2.45) is 5.10 Å². The topological polar surface area (TPSA) is 59.9 Å². The van der Waals surface area contributed by atoms with Gasteiger partial charge in [0.05, 0.1) is 12.8 Å². The summed E-state index contributed by atoms with van der Waals surface area (Å²) in [6.45, 7) is 2.87. The van der Waals surface area contributed by atoms with Crippen LogP contribution in [-0.2, 0) is 6.61 Å². The quantitative estimate of drug-likeness (QED) is 0.297. The first-order valence-corrected chi connectivity index (χ1v) is 10.5. The van der Waals surface area contributed by atoms with Crippen molar-refractivity contribution in [2.45, 2.75) is 13.5 Å². The summed E-state index contributed by atoms with van der Waals surface area (Å²) in [5, 5.41) is 6.41. The van der Waals surface area contributed by atoms with Gasteiger partial charge in [-0.1, -0.05) is 60.7 Å². The molecule has 5 heteroatoms. The van der Waals surface area contributed by atoms with Crippen LogP contribution in [-0.4, -0.2) is 18.7 Å². The molecular formula is C27H24N2O3. The molecule has 32 heavy (non-hydrogen) atoms. The molecule has 4 aromatic carbocycles. The number of benzene rings is 4. The lowest BCUT2D eigenvalue weighted by Crippen LogP contribution is -2.17. The fourth-order valence-electron chi connectivity index (χ4n) is 3.39. The SMILES string of the molecule is CCOc1cc(/C=N\NC(=O)c2ccccc2)ccc1OCc1cccc2ccccc12. The van der Waals surface area contributed by atoms with Gasteiger partial charge >= 0.3 is 0 Å². The van der Waals surface area contributed by atoms with Gasteiger partial charge in [0.1, 0.15) is 6.61 Å². The number of carbonyl (C=O) groups excluding carboxylic acids is 1. The summed E-state index contributed by atoms with van der Waals surface area (Å²) in [4.78, 5) is 12.1. The highest BCUT2D eigenvalue weighted by Gasteiger charge is 2.08. The summed E-state index contributed by atoms with van der Waals surface area (Å²) in [5.74, 6) is 1.03. The maximum Gasteiger partial charge on any atom is 0.271 e. The molecule has 0 fully saturated rings. The van der Waals surface area contributed by atoms with Crippen molar-refractivity contribution in [3.8, 4) is 11.5 Å². The molecular weight excluding hydrogens is 400 g/mol. The van der Waals surface area contributed by atoms with Crippen LogP contribution in [0.4, 0.5) is 0 Å². The Bertz CT molecular complexity index is 1230. The minimum atomic E-state index is -0.262. The molecule has 0 unspecified atom stereocenters. The second-order valence-corrected chi connectivity index (χ2v) is 7.13. The second kappa shape index (κ2) is 10.3. The van der Waals surface area contributed by atoms with Gasteiger partial charge in [-0.2, -0.15) is 5.10 Å². The van der Waals surface area contributed by atoms with Gasteiger partial charge in [-0.05, 0) is 59.2 Å². The normalized spacial score (nSPS) is 10.9. The van der Waals surface area contributed by atoms with Crippen LogP contribution in [0.1, 0.15) is 28.4 Å². The molecule has 4 rings (SSSR count). The minimum Gasteiger partial charge on any atom is -0.490 e. The van der Waals surface area contributed by atoms with Gasteiger partial charge in [0.15, 0.2) is 11.5 Å². The van der Waals surface area contributed by atoms with Crippen LogP contribution in [0.5, 0.6) is 11.5 Å². The second-order valence-electron chi connectivity index (χ2n) is 7.13. The largest absolute Gasteiger partial charge is 0.490 e. The third kappa shape index (κ3) is 5.13. The van der Waals surface area contributed by atoms with Gasteiger partial charge in [-0.15, -0.1) is 0 Å². The number of hydrogen-bond acceptors (Lipinski definition) is 4. The van der Waals surface area contributed by atoms with E-state index in [1.165, 1.54) is 10.8 Å². The molecule has 1 N–H and O–H groups in total. The smallest absolute Gasteiger partial charge is 0.271 e. The highest BCUT2D eigenvalue weighted by atomic mass is 16.5. The number of nitrogens with zero attached hydrogens (tertiary/aromatic N) is 1. The van der Waals surface area contributed by atoms with E-state index < -0.39 is 0 Å². The molecule has 4 aromatic rings. The van der Waals surface area contributed by atoms with E-state index in [1.807, 2.05) is 61.5 Å². The Morgan fingerprint density at radius 1 is 0.875 bits per heavy atom. The summed E-state index contributed by atoms with van der Waals surface area (Å²) >= 11 is 0. The maximum atomic E-state index is 12.1. The molecule has 1 amide bonds. The molecule has 0 heterocycles. The maximum absolute atomic E-state index is 12.1. The Hall–Kier alpha value is -4.12. The average molecular weight is 425 g/mol. The molecule has 0 aliphatic heterocycles. The number of carbonyl (C=O) groups is 1. The molecule has 0 saturated heterocycles. The number of amides is 1. The lowest BCUT2D eigenvalue weighted by Gasteiger charge is -2.13. The zero-order chi connectivity index (χ0) is 22.2. The molecule has 0 aliphatic rings. The Balaban J connectivity index is 1.46. The van der Waals surface area contributed by atoms with Crippen molar-refractivity contribution in [3.63, 3.8) is 0 Å². The monoisotopic (exact) mass is 424 g/mol. The lowest BCUT2D eigenvalue weighted by molar-refractivity contribution is 0.0955. The van der Waals surface area contributed by atoms with Gasteiger partial charge in [-0.3, -0.25) is 4.79 Å². The van der Waals surface area contributed by atoms with Crippen LogP contribution in [0.15, 0.2) is 96.1 Å². The molecule has 0 aromatic heterocycles. The highest BCUT2D eigenvalue weighted by Crippen LogP contribution is 2.30. The van der Waals surface area contributed by atoms with E-state index >= 15 is 0 Å². The molecule has 0 bridgehead atoms. The van der Waals surface area contributed by atoms with Gasteiger partial charge in [0.25, 0.3) is 5.91 Å². The fourth-order valence-corrected chi connectivity index (χ4v) is 3.39. The van der Waals surface area contributed by atoms with Gasteiger partial charge in [-0.25, -0.2) is 5.43 Å². The van der Waals surface area contributed by atoms with Gasteiger partial charge in [0, 0.05) is 5.56 Å². The zero-order valence-electron chi connectivity index (χ0n) is 17.8. The van der Waals surface area contributed by atoms with E-state index in [1.54, 1.807) is 18.3 Å². The summed E-state index contributed by atoms with van der Waals surface area (Å²) in [7, 11) is 0. The van der Waals surface area contributed by atoms with E-state index in [2.05, 4.69) is 34.8 Å². The predicted molar refractivity (Wildman–Crippen MR) is 127 cm³/mol. The van der Waals surface area contributed by atoms with Crippen LogP contribution >= 0.6 is 0 Å². The summed E-state index contributed by atoms with van der Waals surface area (Å²) in [6.07, 6.45) is 1.58. The van der Waals surface area contributed by atoms with E-state index in [9.17, 15) is 4.79 Å². The van der Waals surface area contributed by atoms with E-state index in [0.717, 1.165) is 11.1 Å². The third-order valence-electron chi connectivity index (χ3n) is 4.95. The van der Waals surface area contributed by atoms with E-state index in [0.29, 0.717) is 30.3 Å². The van der Waals surface area contributed by atoms with Gasteiger partial charge < -0.3 is 9.47 Å². The molecule has 0 aliphatic carbocycles. The number of ether oxygens (including phenoxy) is 2. The highest BCUT2D eigenvalue weighted by molar-refractivity contribution is 5.94. The average Bonchev–Trinajstić information content (AvgIpc) is 2.84. The van der Waals surface area contributed by atoms with Gasteiger partial charge in [0.2, 0.25) is 0 Å². The number of hydrazone groups is 1. The Kier molecular flexibility index (Phi) is 6.78. The van der Waals surface area contributed by atoms with E-state index in [4.69, 9.17) is 9.47 Å². The zero-order valence-corrected chi connectivity index (χ0v) is 17.8. The van der Waals surface area contributed by atoms with Crippen molar-refractivity contribution >= 4 is 22.9 Å². The molecule has 0 spiro atoms. The minimum absolute atomic E-state index is 0.262. The summed E-state index contributed by atoms with van der Waals surface area (Å²) in [6, 6.07) is 29.0. The fraction of sp³-hybridized carbons (Fsp3) is 0.111.